The highest BCUT2D eigenvalue weighted by Crippen LogP contribution is 2.31. The van der Waals surface area contributed by atoms with E-state index in [1.807, 2.05) is 12.1 Å². The molecule has 23 heavy (non-hydrogen) atoms. The van der Waals surface area contributed by atoms with Crippen molar-refractivity contribution in [3.05, 3.63) is 51.2 Å². The lowest BCUT2D eigenvalue weighted by molar-refractivity contribution is -0.137. The van der Waals surface area contributed by atoms with Gasteiger partial charge in [0.2, 0.25) is 5.91 Å². The van der Waals surface area contributed by atoms with Gasteiger partial charge in [0.15, 0.2) is 0 Å². The van der Waals surface area contributed by atoms with E-state index in [2.05, 4.69) is 32.9 Å². The summed E-state index contributed by atoms with van der Waals surface area (Å²) >= 11 is 3.12. The molecule has 2 rings (SSSR count). The number of anilines is 1. The van der Waals surface area contributed by atoms with Crippen LogP contribution in [-0.2, 0) is 11.0 Å². The molecule has 1 amide bonds. The lowest BCUT2D eigenvalue weighted by Crippen LogP contribution is -2.14. The Bertz CT molecular complexity index is 705. The Kier molecular flexibility index (Phi) is 5.90. The third-order valence-corrected chi connectivity index (χ3v) is 4.37. The van der Waals surface area contributed by atoms with Gasteiger partial charge in [-0.15, -0.1) is 0 Å². The van der Waals surface area contributed by atoms with Crippen LogP contribution in [0.2, 0.25) is 0 Å². The highest BCUT2D eigenvalue weighted by molar-refractivity contribution is 14.1. The molecule has 0 bridgehead atoms. The van der Waals surface area contributed by atoms with Crippen LogP contribution in [0.4, 0.5) is 18.9 Å². The Morgan fingerprint density at radius 1 is 1.26 bits per heavy atom. The summed E-state index contributed by atoms with van der Waals surface area (Å²) in [4.78, 5) is 15.9. The lowest BCUT2D eigenvalue weighted by atomic mass is 10.2. The van der Waals surface area contributed by atoms with Crippen LogP contribution >= 0.6 is 34.4 Å². The van der Waals surface area contributed by atoms with Gasteiger partial charge < -0.3 is 5.32 Å². The second-order valence-electron chi connectivity index (χ2n) is 4.68. The zero-order valence-electron chi connectivity index (χ0n) is 11.9. The van der Waals surface area contributed by atoms with Gasteiger partial charge in [-0.3, -0.25) is 4.79 Å². The fraction of sp³-hybridized carbons (Fsp3) is 0.200. The molecule has 1 heterocycles. The van der Waals surface area contributed by atoms with Crippen molar-refractivity contribution >= 4 is 45.9 Å². The Morgan fingerprint density at radius 3 is 2.52 bits per heavy atom. The highest BCUT2D eigenvalue weighted by atomic mass is 127. The molecule has 0 saturated carbocycles. The number of amides is 1. The van der Waals surface area contributed by atoms with Crippen LogP contribution in [0.1, 0.15) is 11.3 Å². The number of alkyl halides is 3. The number of hydrogen-bond donors (Lipinski definition) is 1. The van der Waals surface area contributed by atoms with E-state index in [9.17, 15) is 18.0 Å². The fourth-order valence-corrected chi connectivity index (χ4v) is 2.88. The van der Waals surface area contributed by atoms with Crippen molar-refractivity contribution in [3.8, 4) is 0 Å². The Labute approximate surface area is 149 Å². The van der Waals surface area contributed by atoms with Crippen LogP contribution in [0.5, 0.6) is 0 Å². The van der Waals surface area contributed by atoms with Gasteiger partial charge in [0.05, 0.1) is 16.3 Å². The predicted octanol–water partition coefficient (Wildman–Crippen LogP) is 4.74. The van der Waals surface area contributed by atoms with Crippen molar-refractivity contribution in [2.24, 2.45) is 0 Å². The Morgan fingerprint density at radius 2 is 1.91 bits per heavy atom. The summed E-state index contributed by atoms with van der Waals surface area (Å²) in [6, 6.07) is 9.15. The number of nitrogens with one attached hydrogen (secondary N) is 1. The first-order chi connectivity index (χ1) is 10.7. The maximum atomic E-state index is 12.7. The molecular weight excluding hydrogens is 440 g/mol. The van der Waals surface area contributed by atoms with Gasteiger partial charge in [0, 0.05) is 15.0 Å². The van der Waals surface area contributed by atoms with E-state index in [1.165, 1.54) is 6.92 Å². The zero-order valence-corrected chi connectivity index (χ0v) is 14.9. The Balaban J connectivity index is 1.99. The van der Waals surface area contributed by atoms with E-state index in [-0.39, 0.29) is 22.4 Å². The molecule has 122 valence electrons. The zero-order chi connectivity index (χ0) is 17.0. The minimum absolute atomic E-state index is 0.0141. The van der Waals surface area contributed by atoms with Crippen LogP contribution < -0.4 is 5.32 Å². The molecule has 2 aromatic rings. The summed E-state index contributed by atoms with van der Waals surface area (Å²) in [5, 5.41) is 2.86. The molecule has 0 unspecified atom stereocenters. The molecule has 1 aromatic heterocycles. The number of halogens is 4. The number of pyridine rings is 1. The molecule has 0 aliphatic carbocycles. The average molecular weight is 452 g/mol. The van der Waals surface area contributed by atoms with Crippen molar-refractivity contribution in [3.63, 3.8) is 0 Å². The first kappa shape index (κ1) is 18.1. The van der Waals surface area contributed by atoms with Crippen LogP contribution in [0.3, 0.4) is 0 Å². The van der Waals surface area contributed by atoms with E-state index in [4.69, 9.17) is 0 Å². The normalized spacial score (nSPS) is 11.3. The number of aryl methyl sites for hydroxylation is 1. The molecule has 0 spiro atoms. The van der Waals surface area contributed by atoms with Gasteiger partial charge in [0.25, 0.3) is 0 Å². The van der Waals surface area contributed by atoms with Gasteiger partial charge in [-0.1, -0.05) is 11.8 Å². The summed E-state index contributed by atoms with van der Waals surface area (Å²) in [7, 11) is 0. The van der Waals surface area contributed by atoms with Crippen LogP contribution in [0, 0.1) is 10.5 Å². The summed E-state index contributed by atoms with van der Waals surface area (Å²) in [6.45, 7) is 1.49. The molecule has 0 radical (unpaired) electrons. The van der Waals surface area contributed by atoms with Gasteiger partial charge in [-0.25, -0.2) is 4.98 Å². The first-order valence-electron chi connectivity index (χ1n) is 6.48. The number of carbonyl (C=O) groups is 1. The summed E-state index contributed by atoms with van der Waals surface area (Å²) in [5.41, 5.74) is 0.148. The van der Waals surface area contributed by atoms with Crippen molar-refractivity contribution in [1.82, 2.24) is 4.98 Å². The van der Waals surface area contributed by atoms with E-state index in [0.29, 0.717) is 5.69 Å². The van der Waals surface area contributed by atoms with Gasteiger partial charge >= 0.3 is 6.18 Å². The molecular formula is C15H12F3IN2OS. The standard InChI is InChI=1S/C15H12F3IN2OS/c1-9-6-10(15(16,17)18)7-14(20-9)23-8-13(22)21-12-4-2-11(19)3-5-12/h2-7H,8H2,1H3,(H,21,22). The first-order valence-corrected chi connectivity index (χ1v) is 8.54. The molecule has 1 aromatic carbocycles. The second kappa shape index (κ2) is 7.52. The number of aromatic nitrogens is 1. The van der Waals surface area contributed by atoms with Crippen molar-refractivity contribution in [2.45, 2.75) is 18.1 Å². The smallest absolute Gasteiger partial charge is 0.325 e. The second-order valence-corrected chi connectivity index (χ2v) is 6.92. The molecule has 0 atom stereocenters. The SMILES string of the molecule is Cc1cc(C(F)(F)F)cc(SCC(=O)Nc2ccc(I)cc2)n1. The van der Waals surface area contributed by atoms with Crippen molar-refractivity contribution in [2.75, 3.05) is 11.1 Å². The molecule has 0 aliphatic heterocycles. The number of benzene rings is 1. The molecule has 0 aliphatic rings. The van der Waals surface area contributed by atoms with Gasteiger partial charge in [-0.2, -0.15) is 13.2 Å². The Hall–Kier alpha value is -1.29. The largest absolute Gasteiger partial charge is 0.416 e. The highest BCUT2D eigenvalue weighted by Gasteiger charge is 2.31. The lowest BCUT2D eigenvalue weighted by Gasteiger charge is -2.10. The monoisotopic (exact) mass is 452 g/mol. The maximum absolute atomic E-state index is 12.7. The van der Waals surface area contributed by atoms with Crippen LogP contribution in [0.15, 0.2) is 41.4 Å². The number of hydrogen-bond acceptors (Lipinski definition) is 3. The van der Waals surface area contributed by atoms with E-state index in [1.54, 1.807) is 12.1 Å². The third kappa shape index (κ3) is 5.69. The third-order valence-electron chi connectivity index (χ3n) is 2.74. The van der Waals surface area contributed by atoms with E-state index >= 15 is 0 Å². The van der Waals surface area contributed by atoms with Gasteiger partial charge in [-0.05, 0) is 65.9 Å². The molecule has 3 nitrogen and oxygen atoms in total. The van der Waals surface area contributed by atoms with Crippen molar-refractivity contribution < 1.29 is 18.0 Å². The summed E-state index contributed by atoms with van der Waals surface area (Å²) in [6.07, 6.45) is -4.42. The topological polar surface area (TPSA) is 42.0 Å². The number of carbonyl (C=O) groups excluding carboxylic acids is 1. The quantitative estimate of drug-likeness (QED) is 0.538. The van der Waals surface area contributed by atoms with Crippen molar-refractivity contribution in [1.29, 1.82) is 0 Å². The summed E-state index contributed by atoms with van der Waals surface area (Å²) < 4.78 is 39.3. The molecule has 8 heteroatoms. The minimum Gasteiger partial charge on any atom is -0.325 e. The molecule has 0 saturated heterocycles. The molecule has 1 N–H and O–H groups in total. The molecule has 0 fully saturated rings. The number of nitrogens with zero attached hydrogens (tertiary/aromatic N) is 1. The van der Waals surface area contributed by atoms with E-state index in [0.717, 1.165) is 27.5 Å². The van der Waals surface area contributed by atoms with Crippen LogP contribution in [-0.4, -0.2) is 16.6 Å². The minimum atomic E-state index is -4.42. The maximum Gasteiger partial charge on any atom is 0.416 e. The van der Waals surface area contributed by atoms with Crippen LogP contribution in [0.25, 0.3) is 0 Å². The van der Waals surface area contributed by atoms with Gasteiger partial charge in [0.1, 0.15) is 0 Å². The average Bonchev–Trinajstić information content (AvgIpc) is 2.46. The predicted molar refractivity (Wildman–Crippen MR) is 92.5 cm³/mol. The van der Waals surface area contributed by atoms with E-state index < -0.39 is 11.7 Å². The number of thioether (sulfide) groups is 1. The summed E-state index contributed by atoms with van der Waals surface area (Å²) in [5.74, 6) is -0.312. The fourth-order valence-electron chi connectivity index (χ4n) is 1.75. The number of rotatable bonds is 4.